The van der Waals surface area contributed by atoms with Crippen molar-refractivity contribution in [3.05, 3.63) is 53.1 Å². The molecular weight excluding hydrogens is 575 g/mol. The molecule has 2 aromatic rings. The molecule has 0 fully saturated rings. The summed E-state index contributed by atoms with van der Waals surface area (Å²) in [5.41, 5.74) is 0.668. The highest BCUT2D eigenvalue weighted by atomic mass is 127. The summed E-state index contributed by atoms with van der Waals surface area (Å²) in [5, 5.41) is 2.57. The highest BCUT2D eigenvalue weighted by Gasteiger charge is 2.51. The average Bonchev–Trinajstić information content (AvgIpc) is 2.99. The molecule has 3 amide bonds. The number of hydrogen-bond acceptors (Lipinski definition) is 7. The number of rotatable bonds is 9. The summed E-state index contributed by atoms with van der Waals surface area (Å²) in [7, 11) is -3.67. The number of halogens is 1. The standard InChI is InChI=1S/C23H25IN2O7S/c1-5-32-18-11-10-15(12-19(18)33-6-2)23(24,13-34(4,30)31)26-21(28)16-8-7-9-17(25-14(3)27)20(16)22(26)29/h7-12H,5-6,13H2,1-4H3,(H,25,27). The molecular formula is C23H25IN2O7S. The van der Waals surface area contributed by atoms with Crippen LogP contribution in [0.1, 0.15) is 47.1 Å². The van der Waals surface area contributed by atoms with E-state index in [0.29, 0.717) is 30.3 Å². The Morgan fingerprint density at radius 3 is 2.29 bits per heavy atom. The fraction of sp³-hybridized carbons (Fsp3) is 0.348. The Hall–Kier alpha value is -2.67. The molecule has 11 heteroatoms. The van der Waals surface area contributed by atoms with Crippen LogP contribution in [0, 0.1) is 0 Å². The van der Waals surface area contributed by atoms with E-state index in [9.17, 15) is 22.8 Å². The molecule has 0 aliphatic carbocycles. The minimum Gasteiger partial charge on any atom is -0.490 e. The van der Waals surface area contributed by atoms with E-state index >= 15 is 0 Å². The van der Waals surface area contributed by atoms with E-state index in [0.717, 1.165) is 11.2 Å². The minimum atomic E-state index is -3.67. The number of carbonyl (C=O) groups is 3. The molecule has 1 unspecified atom stereocenters. The maximum atomic E-state index is 13.6. The van der Waals surface area contributed by atoms with Crippen LogP contribution in [0.5, 0.6) is 11.5 Å². The number of benzene rings is 2. The van der Waals surface area contributed by atoms with E-state index in [2.05, 4.69) is 5.32 Å². The molecule has 1 heterocycles. The van der Waals surface area contributed by atoms with Gasteiger partial charge < -0.3 is 14.8 Å². The molecule has 0 aromatic heterocycles. The van der Waals surface area contributed by atoms with Crippen molar-refractivity contribution in [1.82, 2.24) is 4.90 Å². The van der Waals surface area contributed by atoms with E-state index in [-0.39, 0.29) is 16.8 Å². The van der Waals surface area contributed by atoms with Gasteiger partial charge in [-0.3, -0.25) is 19.3 Å². The van der Waals surface area contributed by atoms with E-state index in [1.807, 2.05) is 29.5 Å². The lowest BCUT2D eigenvalue weighted by atomic mass is 10.1. The molecule has 1 aliphatic rings. The largest absolute Gasteiger partial charge is 0.490 e. The second-order valence-electron chi connectivity index (χ2n) is 7.71. The normalized spacial score (nSPS) is 15.0. The Kier molecular flexibility index (Phi) is 7.56. The lowest BCUT2D eigenvalue weighted by molar-refractivity contribution is -0.114. The number of hydrogen-bond donors (Lipinski definition) is 1. The first-order valence-electron chi connectivity index (χ1n) is 10.5. The Balaban J connectivity index is 2.20. The zero-order chi connectivity index (χ0) is 25.3. The predicted molar refractivity (Wildman–Crippen MR) is 135 cm³/mol. The second kappa shape index (κ2) is 9.90. The van der Waals surface area contributed by atoms with Crippen LogP contribution >= 0.6 is 22.6 Å². The van der Waals surface area contributed by atoms with Gasteiger partial charge in [0.2, 0.25) is 5.91 Å². The molecule has 1 aliphatic heterocycles. The van der Waals surface area contributed by atoms with Gasteiger partial charge in [-0.05, 0) is 66.3 Å². The number of anilines is 1. The van der Waals surface area contributed by atoms with Gasteiger partial charge in [0.25, 0.3) is 11.8 Å². The number of fused-ring (bicyclic) bond motifs is 1. The summed E-state index contributed by atoms with van der Waals surface area (Å²) < 4.78 is 34.7. The third-order valence-corrected chi connectivity index (χ3v) is 7.97. The maximum Gasteiger partial charge on any atom is 0.265 e. The third kappa shape index (κ3) is 5.04. The van der Waals surface area contributed by atoms with Crippen molar-refractivity contribution in [2.45, 2.75) is 24.3 Å². The van der Waals surface area contributed by atoms with Crippen molar-refractivity contribution in [1.29, 1.82) is 0 Å². The van der Waals surface area contributed by atoms with Gasteiger partial charge in [0.1, 0.15) is 3.55 Å². The van der Waals surface area contributed by atoms with Crippen LogP contribution in [0.25, 0.3) is 0 Å². The van der Waals surface area contributed by atoms with Crippen LogP contribution in [0.4, 0.5) is 5.69 Å². The summed E-state index contributed by atoms with van der Waals surface area (Å²) in [6, 6.07) is 9.37. The molecule has 0 spiro atoms. The van der Waals surface area contributed by atoms with E-state index < -0.39 is 36.9 Å². The topological polar surface area (TPSA) is 119 Å². The molecule has 3 rings (SSSR count). The van der Waals surface area contributed by atoms with Crippen LogP contribution in [0.15, 0.2) is 36.4 Å². The van der Waals surface area contributed by atoms with E-state index in [4.69, 9.17) is 9.47 Å². The first-order chi connectivity index (χ1) is 15.9. The summed E-state index contributed by atoms with van der Waals surface area (Å²) >= 11 is 1.83. The van der Waals surface area contributed by atoms with Gasteiger partial charge in [-0.2, -0.15) is 0 Å². The summed E-state index contributed by atoms with van der Waals surface area (Å²) in [4.78, 5) is 39.6. The summed E-state index contributed by atoms with van der Waals surface area (Å²) in [5.74, 6) is -1.46. The maximum absolute atomic E-state index is 13.6. The van der Waals surface area contributed by atoms with E-state index in [1.165, 1.54) is 19.1 Å². The Morgan fingerprint density at radius 2 is 1.71 bits per heavy atom. The van der Waals surface area contributed by atoms with Crippen molar-refractivity contribution >= 4 is 55.8 Å². The van der Waals surface area contributed by atoms with Crippen molar-refractivity contribution in [3.63, 3.8) is 0 Å². The van der Waals surface area contributed by atoms with Crippen molar-refractivity contribution < 1.29 is 32.3 Å². The monoisotopic (exact) mass is 600 g/mol. The Labute approximate surface area is 211 Å². The third-order valence-electron chi connectivity index (χ3n) is 5.02. The van der Waals surface area contributed by atoms with Crippen molar-refractivity contribution in [2.75, 3.05) is 30.5 Å². The van der Waals surface area contributed by atoms with E-state index in [1.54, 1.807) is 31.2 Å². The molecule has 34 heavy (non-hydrogen) atoms. The SMILES string of the molecule is CCOc1ccc(C(I)(CS(C)(=O)=O)N2C(=O)c3cccc(NC(C)=O)c3C2=O)cc1OCC. The predicted octanol–water partition coefficient (Wildman–Crippen LogP) is 3.37. The second-order valence-corrected chi connectivity index (χ2v) is 11.6. The Morgan fingerprint density at radius 1 is 1.06 bits per heavy atom. The fourth-order valence-electron chi connectivity index (χ4n) is 3.81. The van der Waals surface area contributed by atoms with Crippen LogP contribution in [0.3, 0.4) is 0 Å². The summed E-state index contributed by atoms with van der Waals surface area (Å²) in [6.07, 6.45) is 1.04. The lowest BCUT2D eigenvalue weighted by Crippen LogP contribution is -2.49. The molecule has 1 N–H and O–H groups in total. The number of carbonyl (C=O) groups excluding carboxylic acids is 3. The number of nitrogens with one attached hydrogen (secondary N) is 1. The van der Waals surface area contributed by atoms with Crippen molar-refractivity contribution in [2.24, 2.45) is 0 Å². The number of nitrogens with zero attached hydrogens (tertiary/aromatic N) is 1. The zero-order valence-corrected chi connectivity index (χ0v) is 22.2. The van der Waals surface area contributed by atoms with Gasteiger partial charge in [0, 0.05) is 13.2 Å². The highest BCUT2D eigenvalue weighted by molar-refractivity contribution is 14.1. The number of amides is 3. The number of alkyl halides is 1. The molecule has 0 saturated carbocycles. The molecule has 0 radical (unpaired) electrons. The van der Waals surface area contributed by atoms with Gasteiger partial charge >= 0.3 is 0 Å². The molecule has 2 aromatic carbocycles. The lowest BCUT2D eigenvalue weighted by Gasteiger charge is -2.35. The van der Waals surface area contributed by atoms with Gasteiger partial charge in [-0.15, -0.1) is 0 Å². The van der Waals surface area contributed by atoms with Crippen molar-refractivity contribution in [3.8, 4) is 11.5 Å². The Bertz CT molecular complexity index is 1260. The molecule has 0 saturated heterocycles. The number of ether oxygens (including phenoxy) is 2. The molecule has 9 nitrogen and oxygen atoms in total. The zero-order valence-electron chi connectivity index (χ0n) is 19.2. The van der Waals surface area contributed by atoms with Gasteiger partial charge in [0.05, 0.1) is 35.8 Å². The summed E-state index contributed by atoms with van der Waals surface area (Å²) in [6.45, 7) is 5.63. The van der Waals surface area contributed by atoms with Crippen LogP contribution < -0.4 is 14.8 Å². The minimum absolute atomic E-state index is 0.0215. The smallest absolute Gasteiger partial charge is 0.265 e. The fourth-order valence-corrected chi connectivity index (χ4v) is 7.28. The highest BCUT2D eigenvalue weighted by Crippen LogP contribution is 2.45. The van der Waals surface area contributed by atoms with Crippen LogP contribution in [-0.4, -0.2) is 56.3 Å². The molecule has 182 valence electrons. The first-order valence-corrected chi connectivity index (χ1v) is 13.6. The van der Waals surface area contributed by atoms with Gasteiger partial charge in [-0.1, -0.05) is 12.1 Å². The number of sulfone groups is 1. The molecule has 1 atom stereocenters. The van der Waals surface area contributed by atoms with Crippen LogP contribution in [0.2, 0.25) is 0 Å². The first kappa shape index (κ1) is 25.9. The van der Waals surface area contributed by atoms with Crippen LogP contribution in [-0.2, 0) is 18.2 Å². The van der Waals surface area contributed by atoms with Gasteiger partial charge in [0.15, 0.2) is 21.3 Å². The van der Waals surface area contributed by atoms with Gasteiger partial charge in [-0.25, -0.2) is 8.42 Å². The molecule has 0 bridgehead atoms. The average molecular weight is 600 g/mol. The quantitative estimate of drug-likeness (QED) is 0.203. The number of imide groups is 1.